The average Bonchev–Trinajstić information content (AvgIpc) is 2.19. The lowest BCUT2D eigenvalue weighted by Gasteiger charge is -2.09. The van der Waals surface area contributed by atoms with Gasteiger partial charge in [0.15, 0.2) is 0 Å². The Morgan fingerprint density at radius 2 is 2.00 bits per heavy atom. The topological polar surface area (TPSA) is 37.3 Å². The Labute approximate surface area is 78.2 Å². The monoisotopic (exact) mass is 178 g/mol. The predicted octanol–water partition coefficient (Wildman–Crippen LogP) is 1.43. The number of carbonyl (C=O) groups excluding carboxylic acids is 1. The van der Waals surface area contributed by atoms with Crippen LogP contribution in [0.15, 0.2) is 30.3 Å². The van der Waals surface area contributed by atoms with Crippen LogP contribution in [0.4, 0.5) is 0 Å². The molecule has 0 spiro atoms. The van der Waals surface area contributed by atoms with Crippen LogP contribution in [0.2, 0.25) is 0 Å². The maximum atomic E-state index is 10.3. The largest absolute Gasteiger partial charge is 0.396 e. The van der Waals surface area contributed by atoms with Crippen molar-refractivity contribution in [3.05, 3.63) is 35.9 Å². The molecule has 0 heterocycles. The molecule has 1 N–H and O–H groups in total. The van der Waals surface area contributed by atoms with E-state index in [1.165, 1.54) is 5.56 Å². The van der Waals surface area contributed by atoms with Crippen molar-refractivity contribution in [1.29, 1.82) is 0 Å². The molecule has 0 amide bonds. The van der Waals surface area contributed by atoms with Crippen molar-refractivity contribution in [3.8, 4) is 0 Å². The summed E-state index contributed by atoms with van der Waals surface area (Å²) in [5.74, 6) is 0.0694. The predicted molar refractivity (Wildman–Crippen MR) is 51.4 cm³/mol. The minimum absolute atomic E-state index is 0.0694. The third kappa shape index (κ3) is 3.38. The highest BCUT2D eigenvalue weighted by Gasteiger charge is 2.06. The maximum absolute atomic E-state index is 10.3. The normalized spacial score (nSPS) is 12.4. The molecule has 0 aliphatic carbocycles. The quantitative estimate of drug-likeness (QED) is 0.692. The van der Waals surface area contributed by atoms with Gasteiger partial charge in [-0.05, 0) is 17.9 Å². The number of aldehydes is 1. The summed E-state index contributed by atoms with van der Waals surface area (Å²) in [6, 6.07) is 9.90. The fourth-order valence-electron chi connectivity index (χ4n) is 1.31. The van der Waals surface area contributed by atoms with Gasteiger partial charge in [0.25, 0.3) is 0 Å². The molecule has 0 aliphatic rings. The van der Waals surface area contributed by atoms with Crippen molar-refractivity contribution in [2.24, 2.45) is 5.92 Å². The van der Waals surface area contributed by atoms with E-state index in [-0.39, 0.29) is 12.5 Å². The molecule has 13 heavy (non-hydrogen) atoms. The van der Waals surface area contributed by atoms with E-state index in [1.54, 1.807) is 0 Å². The van der Waals surface area contributed by atoms with Gasteiger partial charge in [-0.2, -0.15) is 0 Å². The summed E-state index contributed by atoms with van der Waals surface area (Å²) in [5, 5.41) is 8.96. The lowest BCUT2D eigenvalue weighted by atomic mass is 9.98. The molecule has 0 radical (unpaired) electrons. The first-order chi connectivity index (χ1) is 6.36. The third-order valence-electron chi connectivity index (χ3n) is 2.05. The van der Waals surface area contributed by atoms with E-state index in [0.717, 1.165) is 12.7 Å². The minimum Gasteiger partial charge on any atom is -0.396 e. The van der Waals surface area contributed by atoms with E-state index in [4.69, 9.17) is 5.11 Å². The molecule has 0 aromatic heterocycles. The standard InChI is InChI=1S/C11H14O2/c12-7-6-11(9-13)8-10-4-2-1-3-5-10/h1-5,7,11,13H,6,8-9H2. The van der Waals surface area contributed by atoms with Crippen LogP contribution in [0.1, 0.15) is 12.0 Å². The van der Waals surface area contributed by atoms with Gasteiger partial charge in [-0.3, -0.25) is 0 Å². The van der Waals surface area contributed by atoms with Crippen LogP contribution in [-0.2, 0) is 11.2 Å². The second kappa shape index (κ2) is 5.49. The molecule has 0 saturated heterocycles. The molecule has 0 saturated carbocycles. The average molecular weight is 178 g/mol. The van der Waals surface area contributed by atoms with Crippen molar-refractivity contribution in [2.45, 2.75) is 12.8 Å². The summed E-state index contributed by atoms with van der Waals surface area (Å²) in [6.45, 7) is 0.0770. The lowest BCUT2D eigenvalue weighted by molar-refractivity contribution is -0.108. The highest BCUT2D eigenvalue weighted by Crippen LogP contribution is 2.10. The van der Waals surface area contributed by atoms with Gasteiger partial charge in [-0.15, -0.1) is 0 Å². The number of aliphatic hydroxyl groups is 1. The van der Waals surface area contributed by atoms with E-state index in [1.807, 2.05) is 30.3 Å². The zero-order valence-corrected chi connectivity index (χ0v) is 7.52. The molecule has 0 fully saturated rings. The molecule has 1 unspecified atom stereocenters. The molecular formula is C11H14O2. The van der Waals surface area contributed by atoms with Crippen molar-refractivity contribution in [3.63, 3.8) is 0 Å². The molecule has 0 aliphatic heterocycles. The first-order valence-corrected chi connectivity index (χ1v) is 4.45. The van der Waals surface area contributed by atoms with Crippen LogP contribution in [-0.4, -0.2) is 18.0 Å². The van der Waals surface area contributed by atoms with Gasteiger partial charge in [0.2, 0.25) is 0 Å². The molecule has 2 nitrogen and oxygen atoms in total. The molecule has 1 rings (SSSR count). The Morgan fingerprint density at radius 3 is 2.54 bits per heavy atom. The van der Waals surface area contributed by atoms with Gasteiger partial charge in [-0.25, -0.2) is 0 Å². The summed E-state index contributed by atoms with van der Waals surface area (Å²) in [7, 11) is 0. The SMILES string of the molecule is O=CCC(CO)Cc1ccccc1. The molecule has 2 heteroatoms. The lowest BCUT2D eigenvalue weighted by Crippen LogP contribution is -2.09. The summed E-state index contributed by atoms with van der Waals surface area (Å²) in [5.41, 5.74) is 1.17. The molecule has 1 aromatic carbocycles. The molecule has 1 aromatic rings. The van der Waals surface area contributed by atoms with Crippen LogP contribution in [0.25, 0.3) is 0 Å². The Kier molecular flexibility index (Phi) is 4.19. The van der Waals surface area contributed by atoms with E-state index < -0.39 is 0 Å². The Balaban J connectivity index is 2.51. The van der Waals surface area contributed by atoms with Gasteiger partial charge < -0.3 is 9.90 Å². The van der Waals surface area contributed by atoms with Gasteiger partial charge in [0.05, 0.1) is 0 Å². The van der Waals surface area contributed by atoms with Crippen LogP contribution in [0.5, 0.6) is 0 Å². The third-order valence-corrected chi connectivity index (χ3v) is 2.05. The minimum atomic E-state index is 0.0694. The molecule has 70 valence electrons. The van der Waals surface area contributed by atoms with E-state index >= 15 is 0 Å². The van der Waals surface area contributed by atoms with E-state index in [9.17, 15) is 4.79 Å². The smallest absolute Gasteiger partial charge is 0.120 e. The summed E-state index contributed by atoms with van der Waals surface area (Å²) in [4.78, 5) is 10.3. The van der Waals surface area contributed by atoms with Crippen molar-refractivity contribution in [2.75, 3.05) is 6.61 Å². The molecular weight excluding hydrogens is 164 g/mol. The molecule has 1 atom stereocenters. The summed E-state index contributed by atoms with van der Waals surface area (Å²) < 4.78 is 0. The Bertz CT molecular complexity index is 244. The zero-order chi connectivity index (χ0) is 9.52. The number of benzene rings is 1. The van der Waals surface area contributed by atoms with Crippen LogP contribution in [0.3, 0.4) is 0 Å². The number of hydrogen-bond acceptors (Lipinski definition) is 2. The van der Waals surface area contributed by atoms with Crippen LogP contribution >= 0.6 is 0 Å². The van der Waals surface area contributed by atoms with Gasteiger partial charge >= 0.3 is 0 Å². The second-order valence-electron chi connectivity index (χ2n) is 3.14. The van der Waals surface area contributed by atoms with E-state index in [2.05, 4.69) is 0 Å². The maximum Gasteiger partial charge on any atom is 0.120 e. The summed E-state index contributed by atoms with van der Waals surface area (Å²) in [6.07, 6.45) is 2.07. The highest BCUT2D eigenvalue weighted by atomic mass is 16.3. The summed E-state index contributed by atoms with van der Waals surface area (Å²) >= 11 is 0. The zero-order valence-electron chi connectivity index (χ0n) is 7.52. The number of aliphatic hydroxyl groups excluding tert-OH is 1. The molecule has 0 bridgehead atoms. The fraction of sp³-hybridized carbons (Fsp3) is 0.364. The van der Waals surface area contributed by atoms with Gasteiger partial charge in [0, 0.05) is 13.0 Å². The Morgan fingerprint density at radius 1 is 1.31 bits per heavy atom. The fourth-order valence-corrected chi connectivity index (χ4v) is 1.31. The Hall–Kier alpha value is -1.15. The number of rotatable bonds is 5. The van der Waals surface area contributed by atoms with E-state index in [0.29, 0.717) is 6.42 Å². The van der Waals surface area contributed by atoms with Crippen LogP contribution < -0.4 is 0 Å². The van der Waals surface area contributed by atoms with Crippen molar-refractivity contribution >= 4 is 6.29 Å². The van der Waals surface area contributed by atoms with Gasteiger partial charge in [-0.1, -0.05) is 30.3 Å². The van der Waals surface area contributed by atoms with Crippen molar-refractivity contribution < 1.29 is 9.90 Å². The second-order valence-corrected chi connectivity index (χ2v) is 3.14. The van der Waals surface area contributed by atoms with Crippen LogP contribution in [0, 0.1) is 5.92 Å². The number of carbonyl (C=O) groups is 1. The number of hydrogen-bond donors (Lipinski definition) is 1. The first-order valence-electron chi connectivity index (χ1n) is 4.45. The highest BCUT2D eigenvalue weighted by molar-refractivity contribution is 5.49. The van der Waals surface area contributed by atoms with Gasteiger partial charge in [0.1, 0.15) is 6.29 Å². The van der Waals surface area contributed by atoms with Crippen molar-refractivity contribution in [1.82, 2.24) is 0 Å². The first kappa shape index (κ1) is 9.93.